The fraction of sp³-hybridized carbons (Fsp3) is 0.250. The van der Waals surface area contributed by atoms with Gasteiger partial charge in [0, 0.05) is 18.4 Å². The van der Waals surface area contributed by atoms with Gasteiger partial charge in [-0.1, -0.05) is 0 Å². The van der Waals surface area contributed by atoms with Gasteiger partial charge in [-0.3, -0.25) is 4.98 Å². The lowest BCUT2D eigenvalue weighted by molar-refractivity contribution is 0.549. The topological polar surface area (TPSA) is 72.2 Å². The Morgan fingerprint density at radius 1 is 1.44 bits per heavy atom. The number of nitrogens with zero attached hydrogens (tertiary/aromatic N) is 1. The Balaban J connectivity index is 2.05. The number of aromatic nitrogens is 1. The molecule has 1 N–H and O–H groups in total. The van der Waals surface area contributed by atoms with Crippen LogP contribution in [-0.4, -0.2) is 19.4 Å². The van der Waals surface area contributed by atoms with E-state index < -0.39 is 10.0 Å². The largest absolute Gasteiger partial charge is 0.472 e. The monoisotopic (exact) mass is 266 g/mol. The first-order chi connectivity index (χ1) is 8.58. The molecule has 2 aromatic rings. The fourth-order valence-electron chi connectivity index (χ4n) is 1.64. The SMILES string of the molecule is C[C@@H](Cc1ccoc1)NS(=O)(=O)c1cccnc1. The third-order valence-electron chi connectivity index (χ3n) is 2.42. The van der Waals surface area contributed by atoms with Crippen molar-refractivity contribution in [2.75, 3.05) is 0 Å². The molecule has 0 radical (unpaired) electrons. The highest BCUT2D eigenvalue weighted by atomic mass is 32.2. The molecule has 0 aliphatic heterocycles. The van der Waals surface area contributed by atoms with E-state index in [4.69, 9.17) is 4.42 Å². The highest BCUT2D eigenvalue weighted by molar-refractivity contribution is 7.89. The summed E-state index contributed by atoms with van der Waals surface area (Å²) in [6.45, 7) is 1.81. The highest BCUT2D eigenvalue weighted by Gasteiger charge is 2.17. The summed E-state index contributed by atoms with van der Waals surface area (Å²) >= 11 is 0. The van der Waals surface area contributed by atoms with E-state index in [9.17, 15) is 8.42 Å². The second kappa shape index (κ2) is 5.32. The standard InChI is InChI=1S/C12H14N2O3S/c1-10(7-11-4-6-17-9-11)14-18(15,16)12-3-2-5-13-8-12/h2-6,8-10,14H,7H2,1H3/t10-/m0/s1. The molecule has 0 unspecified atom stereocenters. The first kappa shape index (κ1) is 12.8. The zero-order chi connectivity index (χ0) is 13.0. The number of sulfonamides is 1. The molecule has 2 heterocycles. The quantitative estimate of drug-likeness (QED) is 0.892. The smallest absolute Gasteiger partial charge is 0.242 e. The molecule has 0 aliphatic carbocycles. The van der Waals surface area contributed by atoms with E-state index in [0.717, 1.165) is 5.56 Å². The van der Waals surface area contributed by atoms with Crippen molar-refractivity contribution in [3.63, 3.8) is 0 Å². The Kier molecular flexibility index (Phi) is 3.78. The van der Waals surface area contributed by atoms with E-state index in [1.54, 1.807) is 25.5 Å². The van der Waals surface area contributed by atoms with E-state index in [1.165, 1.54) is 18.5 Å². The van der Waals surface area contributed by atoms with Crippen LogP contribution >= 0.6 is 0 Å². The maximum atomic E-state index is 12.0. The number of furan rings is 1. The molecule has 0 spiro atoms. The Morgan fingerprint density at radius 3 is 2.89 bits per heavy atom. The summed E-state index contributed by atoms with van der Waals surface area (Å²) in [5.41, 5.74) is 0.955. The predicted molar refractivity (Wildman–Crippen MR) is 66.4 cm³/mol. The summed E-state index contributed by atoms with van der Waals surface area (Å²) in [5.74, 6) is 0. The number of nitrogens with one attached hydrogen (secondary N) is 1. The van der Waals surface area contributed by atoms with E-state index in [2.05, 4.69) is 9.71 Å². The summed E-state index contributed by atoms with van der Waals surface area (Å²) in [4.78, 5) is 3.97. The van der Waals surface area contributed by atoms with Gasteiger partial charge in [0.25, 0.3) is 0 Å². The molecule has 18 heavy (non-hydrogen) atoms. The van der Waals surface area contributed by atoms with Gasteiger partial charge in [0.05, 0.1) is 12.5 Å². The van der Waals surface area contributed by atoms with Crippen LogP contribution in [0.2, 0.25) is 0 Å². The first-order valence-corrected chi connectivity index (χ1v) is 7.00. The van der Waals surface area contributed by atoms with Crippen molar-refractivity contribution in [2.24, 2.45) is 0 Å². The van der Waals surface area contributed by atoms with Crippen molar-refractivity contribution >= 4 is 10.0 Å². The molecule has 0 saturated carbocycles. The summed E-state index contributed by atoms with van der Waals surface area (Å²) in [7, 11) is -3.51. The summed E-state index contributed by atoms with van der Waals surface area (Å²) in [5, 5.41) is 0. The first-order valence-electron chi connectivity index (χ1n) is 5.51. The Labute approximate surface area is 106 Å². The molecule has 0 saturated heterocycles. The molecule has 6 heteroatoms. The van der Waals surface area contributed by atoms with Crippen LogP contribution in [0.25, 0.3) is 0 Å². The maximum Gasteiger partial charge on any atom is 0.242 e. The minimum atomic E-state index is -3.51. The van der Waals surface area contributed by atoms with Gasteiger partial charge in [0.1, 0.15) is 4.90 Å². The third-order valence-corrected chi connectivity index (χ3v) is 4.00. The van der Waals surface area contributed by atoms with Crippen LogP contribution in [0.15, 0.2) is 52.4 Å². The van der Waals surface area contributed by atoms with E-state index in [1.807, 2.05) is 6.07 Å². The zero-order valence-electron chi connectivity index (χ0n) is 9.91. The van der Waals surface area contributed by atoms with Crippen molar-refractivity contribution in [3.05, 3.63) is 48.7 Å². The van der Waals surface area contributed by atoms with E-state index in [-0.39, 0.29) is 10.9 Å². The van der Waals surface area contributed by atoms with Gasteiger partial charge in [0.2, 0.25) is 10.0 Å². The fourth-order valence-corrected chi connectivity index (χ4v) is 2.85. The predicted octanol–water partition coefficient (Wildman–Crippen LogP) is 1.58. The minimum absolute atomic E-state index is 0.170. The molecular weight excluding hydrogens is 252 g/mol. The molecule has 5 nitrogen and oxygen atoms in total. The van der Waals surface area contributed by atoms with Gasteiger partial charge in [-0.25, -0.2) is 13.1 Å². The molecule has 0 amide bonds. The van der Waals surface area contributed by atoms with Crippen LogP contribution in [0.1, 0.15) is 12.5 Å². The molecule has 2 rings (SSSR count). The lowest BCUT2D eigenvalue weighted by atomic mass is 10.1. The molecule has 0 aliphatic rings. The number of pyridine rings is 1. The Morgan fingerprint density at radius 2 is 2.28 bits per heavy atom. The highest BCUT2D eigenvalue weighted by Crippen LogP contribution is 2.09. The van der Waals surface area contributed by atoms with E-state index >= 15 is 0 Å². The van der Waals surface area contributed by atoms with Gasteiger partial charge in [-0.15, -0.1) is 0 Å². The van der Waals surface area contributed by atoms with Crippen LogP contribution in [0.4, 0.5) is 0 Å². The molecule has 2 aromatic heterocycles. The molecule has 1 atom stereocenters. The van der Waals surface area contributed by atoms with Crippen LogP contribution in [0.3, 0.4) is 0 Å². The van der Waals surface area contributed by atoms with Crippen molar-refractivity contribution in [1.29, 1.82) is 0 Å². The average Bonchev–Trinajstić information content (AvgIpc) is 2.82. The van der Waals surface area contributed by atoms with Crippen molar-refractivity contribution in [3.8, 4) is 0 Å². The van der Waals surface area contributed by atoms with Crippen molar-refractivity contribution in [1.82, 2.24) is 9.71 Å². The van der Waals surface area contributed by atoms with Gasteiger partial charge in [-0.05, 0) is 37.1 Å². The molecular formula is C12H14N2O3S. The van der Waals surface area contributed by atoms with Crippen LogP contribution in [0.5, 0.6) is 0 Å². The number of rotatable bonds is 5. The maximum absolute atomic E-state index is 12.0. The number of hydrogen-bond acceptors (Lipinski definition) is 4. The Bertz CT molecular complexity index is 579. The third kappa shape index (κ3) is 3.18. The molecule has 0 fully saturated rings. The van der Waals surface area contributed by atoms with Crippen molar-refractivity contribution < 1.29 is 12.8 Å². The van der Waals surface area contributed by atoms with Gasteiger partial charge in [-0.2, -0.15) is 0 Å². The second-order valence-electron chi connectivity index (χ2n) is 4.05. The van der Waals surface area contributed by atoms with Gasteiger partial charge >= 0.3 is 0 Å². The summed E-state index contributed by atoms with van der Waals surface area (Å²) in [6, 6.07) is 4.71. The van der Waals surface area contributed by atoms with Crippen LogP contribution in [-0.2, 0) is 16.4 Å². The lowest BCUT2D eigenvalue weighted by Crippen LogP contribution is -2.34. The normalized spacial score (nSPS) is 13.4. The summed E-state index contributed by atoms with van der Waals surface area (Å²) < 4.78 is 31.5. The minimum Gasteiger partial charge on any atom is -0.472 e. The summed E-state index contributed by atoms with van der Waals surface area (Å²) in [6.07, 6.45) is 6.61. The Hall–Kier alpha value is -1.66. The second-order valence-corrected chi connectivity index (χ2v) is 5.76. The van der Waals surface area contributed by atoms with Crippen molar-refractivity contribution in [2.45, 2.75) is 24.3 Å². The molecule has 0 aromatic carbocycles. The van der Waals surface area contributed by atoms with Gasteiger partial charge in [0.15, 0.2) is 0 Å². The number of hydrogen-bond donors (Lipinski definition) is 1. The van der Waals surface area contributed by atoms with E-state index in [0.29, 0.717) is 6.42 Å². The lowest BCUT2D eigenvalue weighted by Gasteiger charge is -2.12. The van der Waals surface area contributed by atoms with Crippen LogP contribution < -0.4 is 4.72 Å². The van der Waals surface area contributed by atoms with Gasteiger partial charge < -0.3 is 4.42 Å². The van der Waals surface area contributed by atoms with Crippen LogP contribution in [0, 0.1) is 0 Å². The zero-order valence-corrected chi connectivity index (χ0v) is 10.7. The molecule has 96 valence electrons. The average molecular weight is 266 g/mol. The molecule has 0 bridgehead atoms.